The van der Waals surface area contributed by atoms with Crippen molar-refractivity contribution in [2.75, 3.05) is 11.0 Å². The van der Waals surface area contributed by atoms with E-state index in [2.05, 4.69) is 4.72 Å². The summed E-state index contributed by atoms with van der Waals surface area (Å²) in [5, 5.41) is 0.579. The summed E-state index contributed by atoms with van der Waals surface area (Å²) in [6.45, 7) is 1.33. The Bertz CT molecular complexity index is 1590. The zero-order valence-electron chi connectivity index (χ0n) is 18.1. The fourth-order valence-corrected chi connectivity index (χ4v) is 4.32. The molecule has 1 amide bonds. The molecule has 10 heteroatoms. The molecule has 0 unspecified atom stereocenters. The fourth-order valence-electron chi connectivity index (χ4n) is 3.76. The lowest BCUT2D eigenvalue weighted by Crippen LogP contribution is -2.16. The second-order valence-electron chi connectivity index (χ2n) is 7.83. The summed E-state index contributed by atoms with van der Waals surface area (Å²) in [6, 6.07) is 13.8. The summed E-state index contributed by atoms with van der Waals surface area (Å²) in [7, 11) is -3.57. The molecule has 0 radical (unpaired) electrons. The summed E-state index contributed by atoms with van der Waals surface area (Å²) in [4.78, 5) is 24.5. The topological polar surface area (TPSA) is 111 Å². The third kappa shape index (κ3) is 4.53. The largest absolute Gasteiger partial charge is 0.364 e. The molecule has 0 saturated heterocycles. The van der Waals surface area contributed by atoms with Crippen molar-refractivity contribution in [3.05, 3.63) is 83.6 Å². The van der Waals surface area contributed by atoms with E-state index in [1.807, 2.05) is 0 Å². The quantitative estimate of drug-likeness (QED) is 0.400. The van der Waals surface area contributed by atoms with Gasteiger partial charge in [-0.05, 0) is 61.0 Å². The molecule has 34 heavy (non-hydrogen) atoms. The number of Topliss-reactive ketones (excluding diaryl/α,β-unsaturated/α-hetero) is 1. The summed E-state index contributed by atoms with van der Waals surface area (Å²) in [6.07, 6.45) is 1.00. The molecule has 0 aliphatic heterocycles. The molecule has 1 aromatic heterocycles. The van der Waals surface area contributed by atoms with Crippen LogP contribution in [0.15, 0.2) is 60.7 Å². The molecule has 1 heterocycles. The van der Waals surface area contributed by atoms with Gasteiger partial charge in [-0.15, -0.1) is 0 Å². The van der Waals surface area contributed by atoms with Gasteiger partial charge in [-0.25, -0.2) is 17.2 Å². The van der Waals surface area contributed by atoms with Crippen LogP contribution in [0, 0.1) is 11.6 Å². The summed E-state index contributed by atoms with van der Waals surface area (Å²) < 4.78 is 55.2. The number of sulfonamides is 1. The number of anilines is 1. The van der Waals surface area contributed by atoms with Crippen molar-refractivity contribution in [3.63, 3.8) is 0 Å². The molecule has 0 spiro atoms. The van der Waals surface area contributed by atoms with E-state index >= 15 is 0 Å². The highest BCUT2D eigenvalue weighted by Crippen LogP contribution is 2.32. The van der Waals surface area contributed by atoms with Gasteiger partial charge in [-0.3, -0.25) is 14.3 Å². The van der Waals surface area contributed by atoms with Gasteiger partial charge in [0, 0.05) is 28.3 Å². The van der Waals surface area contributed by atoms with E-state index in [4.69, 9.17) is 5.73 Å². The van der Waals surface area contributed by atoms with Gasteiger partial charge in [-0.1, -0.05) is 6.07 Å². The molecule has 0 bridgehead atoms. The maximum atomic E-state index is 14.5. The number of ketones is 1. The number of hydrogen-bond donors (Lipinski definition) is 2. The van der Waals surface area contributed by atoms with E-state index < -0.39 is 27.6 Å². The molecule has 3 aromatic carbocycles. The van der Waals surface area contributed by atoms with Crippen molar-refractivity contribution in [2.24, 2.45) is 5.73 Å². The van der Waals surface area contributed by atoms with Crippen LogP contribution >= 0.6 is 0 Å². The van der Waals surface area contributed by atoms with Crippen LogP contribution in [-0.4, -0.2) is 30.9 Å². The Morgan fingerprint density at radius 3 is 2.32 bits per heavy atom. The van der Waals surface area contributed by atoms with Crippen LogP contribution in [0.25, 0.3) is 27.7 Å². The van der Waals surface area contributed by atoms with Gasteiger partial charge in [-0.2, -0.15) is 0 Å². The van der Waals surface area contributed by atoms with E-state index in [1.54, 1.807) is 6.07 Å². The van der Waals surface area contributed by atoms with Crippen LogP contribution in [0.2, 0.25) is 0 Å². The van der Waals surface area contributed by atoms with Gasteiger partial charge in [0.05, 0.1) is 17.5 Å². The average Bonchev–Trinajstić information content (AvgIpc) is 3.11. The maximum absolute atomic E-state index is 14.5. The van der Waals surface area contributed by atoms with Crippen LogP contribution in [0.5, 0.6) is 0 Å². The fraction of sp³-hybridized carbons (Fsp3) is 0.0833. The number of fused-ring (bicyclic) bond motifs is 1. The number of nitrogens with one attached hydrogen (secondary N) is 1. The predicted molar refractivity (Wildman–Crippen MR) is 126 cm³/mol. The Morgan fingerprint density at radius 2 is 1.71 bits per heavy atom. The number of primary amides is 1. The molecule has 0 atom stereocenters. The summed E-state index contributed by atoms with van der Waals surface area (Å²) >= 11 is 0. The molecular formula is C24H19F2N3O4S. The lowest BCUT2D eigenvalue weighted by atomic mass is 9.99. The molecular weight excluding hydrogens is 464 g/mol. The number of carbonyl (C=O) groups is 2. The first-order valence-corrected chi connectivity index (χ1v) is 11.9. The summed E-state index contributed by atoms with van der Waals surface area (Å²) in [5.74, 6) is -2.65. The van der Waals surface area contributed by atoms with E-state index in [-0.39, 0.29) is 33.9 Å². The van der Waals surface area contributed by atoms with Crippen molar-refractivity contribution in [2.45, 2.75) is 6.92 Å². The minimum atomic E-state index is -3.57. The Labute approximate surface area is 193 Å². The van der Waals surface area contributed by atoms with E-state index in [1.165, 1.54) is 54.0 Å². The number of carbonyl (C=O) groups excluding carboxylic acids is 2. The Balaban J connectivity index is 2.03. The minimum absolute atomic E-state index is 0.0577. The number of rotatable bonds is 6. The molecule has 4 rings (SSSR count). The summed E-state index contributed by atoms with van der Waals surface area (Å²) in [5.41, 5.74) is 7.21. The van der Waals surface area contributed by atoms with E-state index in [0.29, 0.717) is 16.6 Å². The lowest BCUT2D eigenvalue weighted by molar-refractivity contribution is 0.0991. The maximum Gasteiger partial charge on any atom is 0.265 e. The van der Waals surface area contributed by atoms with Gasteiger partial charge in [0.1, 0.15) is 17.3 Å². The molecule has 0 aliphatic rings. The first-order chi connectivity index (χ1) is 15.9. The van der Waals surface area contributed by atoms with Gasteiger partial charge < -0.3 is 10.3 Å². The molecule has 174 valence electrons. The number of halogens is 2. The van der Waals surface area contributed by atoms with Gasteiger partial charge in [0.15, 0.2) is 5.78 Å². The Kier molecular flexibility index (Phi) is 5.70. The Hall–Kier alpha value is -4.05. The van der Waals surface area contributed by atoms with Crippen LogP contribution in [0.3, 0.4) is 0 Å². The number of aromatic nitrogens is 1. The second-order valence-corrected chi connectivity index (χ2v) is 9.57. The molecule has 0 saturated carbocycles. The van der Waals surface area contributed by atoms with Crippen LogP contribution in [0.4, 0.5) is 14.5 Å². The molecule has 0 fully saturated rings. The van der Waals surface area contributed by atoms with Crippen molar-refractivity contribution in [3.8, 4) is 16.8 Å². The van der Waals surface area contributed by atoms with Crippen LogP contribution in [-0.2, 0) is 10.0 Å². The van der Waals surface area contributed by atoms with E-state index in [0.717, 1.165) is 18.4 Å². The third-order valence-corrected chi connectivity index (χ3v) is 5.79. The number of nitrogens with zero attached hydrogens (tertiary/aromatic N) is 1. The van der Waals surface area contributed by atoms with Gasteiger partial charge in [0.2, 0.25) is 10.0 Å². The lowest BCUT2D eigenvalue weighted by Gasteiger charge is -2.14. The highest BCUT2D eigenvalue weighted by molar-refractivity contribution is 7.92. The molecule has 0 aliphatic carbocycles. The predicted octanol–water partition coefficient (Wildman–Crippen LogP) is 4.25. The highest BCUT2D eigenvalue weighted by Gasteiger charge is 2.19. The minimum Gasteiger partial charge on any atom is -0.364 e. The number of amides is 1. The SMILES string of the molecule is CC(=O)c1cc(-c2ccc(F)cc2F)cc(-n2c(C(N)=O)cc3ccc(NS(C)(=O)=O)cc32)c1. The van der Waals surface area contributed by atoms with Crippen molar-refractivity contribution < 1.29 is 26.8 Å². The zero-order chi connectivity index (χ0) is 24.8. The monoisotopic (exact) mass is 483 g/mol. The van der Waals surface area contributed by atoms with Crippen molar-refractivity contribution in [1.82, 2.24) is 4.57 Å². The van der Waals surface area contributed by atoms with E-state index in [9.17, 15) is 26.8 Å². The Morgan fingerprint density at radius 1 is 0.971 bits per heavy atom. The second kappa shape index (κ2) is 8.38. The van der Waals surface area contributed by atoms with Crippen LogP contribution in [0.1, 0.15) is 27.8 Å². The number of hydrogen-bond acceptors (Lipinski definition) is 4. The van der Waals surface area contributed by atoms with Crippen molar-refractivity contribution in [1.29, 1.82) is 0 Å². The highest BCUT2D eigenvalue weighted by atomic mass is 32.2. The number of benzene rings is 3. The molecule has 4 aromatic rings. The molecule has 7 nitrogen and oxygen atoms in total. The average molecular weight is 483 g/mol. The van der Waals surface area contributed by atoms with Gasteiger partial charge >= 0.3 is 0 Å². The first kappa shape index (κ1) is 23.1. The molecule has 3 N–H and O–H groups in total. The van der Waals surface area contributed by atoms with Gasteiger partial charge in [0.25, 0.3) is 5.91 Å². The third-order valence-electron chi connectivity index (χ3n) is 5.18. The zero-order valence-corrected chi connectivity index (χ0v) is 18.9. The van der Waals surface area contributed by atoms with Crippen LogP contribution < -0.4 is 10.5 Å². The smallest absolute Gasteiger partial charge is 0.265 e. The normalized spacial score (nSPS) is 11.5. The number of nitrogens with two attached hydrogens (primary N) is 1. The standard InChI is InChI=1S/C24H19F2N3O4S/c1-13(30)15-7-16(20-6-4-17(25)11-21(20)26)9-19(8-15)29-22-12-18(28-34(2,32)33)5-3-14(22)10-23(29)24(27)31/h3-12,28H,1-2H3,(H2,27,31). The first-order valence-electron chi connectivity index (χ1n) is 9.98. The van der Waals surface area contributed by atoms with Crippen molar-refractivity contribution >= 4 is 38.3 Å².